The fourth-order valence-corrected chi connectivity index (χ4v) is 5.06. The highest BCUT2D eigenvalue weighted by atomic mass is 32.2. The van der Waals surface area contributed by atoms with Gasteiger partial charge in [0.25, 0.3) is 10.0 Å². The molecule has 7 heteroatoms. The largest absolute Gasteiger partial charge is 0.355 e. The van der Waals surface area contributed by atoms with Gasteiger partial charge in [0, 0.05) is 24.3 Å². The van der Waals surface area contributed by atoms with E-state index in [-0.39, 0.29) is 10.3 Å². The van der Waals surface area contributed by atoms with E-state index in [0.29, 0.717) is 5.69 Å². The molecule has 33 heavy (non-hydrogen) atoms. The summed E-state index contributed by atoms with van der Waals surface area (Å²) in [5.74, 6) is 0.919. The normalized spacial score (nSPS) is 15.2. The first-order valence-corrected chi connectivity index (χ1v) is 13.0. The Labute approximate surface area is 197 Å². The van der Waals surface area contributed by atoms with Crippen molar-refractivity contribution in [3.8, 4) is 11.3 Å². The zero-order chi connectivity index (χ0) is 23.5. The summed E-state index contributed by atoms with van der Waals surface area (Å²) in [6.45, 7) is 8.36. The molecule has 3 aromatic rings. The number of aromatic nitrogens is 2. The molecule has 1 aliphatic heterocycles. The third-order valence-electron chi connectivity index (χ3n) is 6.04. The predicted molar refractivity (Wildman–Crippen MR) is 134 cm³/mol. The van der Waals surface area contributed by atoms with Crippen LogP contribution >= 0.6 is 0 Å². The zero-order valence-corrected chi connectivity index (χ0v) is 20.4. The van der Waals surface area contributed by atoms with Crippen LogP contribution in [0.5, 0.6) is 0 Å². The van der Waals surface area contributed by atoms with Crippen LogP contribution in [0.15, 0.2) is 65.6 Å². The quantitative estimate of drug-likeness (QED) is 0.530. The summed E-state index contributed by atoms with van der Waals surface area (Å²) in [4.78, 5) is 2.55. The highest BCUT2D eigenvalue weighted by molar-refractivity contribution is 7.92. The number of anilines is 2. The molecule has 1 aromatic heterocycles. The molecule has 174 valence electrons. The van der Waals surface area contributed by atoms with Crippen molar-refractivity contribution >= 4 is 21.5 Å². The van der Waals surface area contributed by atoms with Gasteiger partial charge in [-0.2, -0.15) is 0 Å². The lowest BCUT2D eigenvalue weighted by molar-refractivity contribution is 0.587. The molecule has 6 nitrogen and oxygen atoms in total. The van der Waals surface area contributed by atoms with Gasteiger partial charge in [-0.15, -0.1) is 10.2 Å². The Hall–Kier alpha value is -2.93. The van der Waals surface area contributed by atoms with E-state index in [0.717, 1.165) is 35.7 Å². The molecule has 0 atom stereocenters. The molecule has 0 spiro atoms. The van der Waals surface area contributed by atoms with Crippen LogP contribution in [0.25, 0.3) is 11.3 Å². The number of nitrogens with zero attached hydrogens (tertiary/aromatic N) is 3. The van der Waals surface area contributed by atoms with Crippen molar-refractivity contribution in [2.75, 3.05) is 22.7 Å². The highest BCUT2D eigenvalue weighted by Gasteiger charge is 2.18. The minimum absolute atomic E-state index is 0.0280. The first kappa shape index (κ1) is 23.2. The standard InChI is InChI=1S/C26H32N4O2S/c1-26(2,3)21-10-14-23(15-11-21)33(31,32)29-22-12-8-20(9-13-22)24-16-17-25(28-27-24)30-18-6-4-5-7-19-30/h8-17,29H,4-7,18-19H2,1-3H3. The first-order valence-electron chi connectivity index (χ1n) is 11.5. The average Bonchev–Trinajstić information content (AvgIpc) is 3.09. The third kappa shape index (κ3) is 5.71. The van der Waals surface area contributed by atoms with Crippen molar-refractivity contribution in [2.24, 2.45) is 0 Å². The van der Waals surface area contributed by atoms with Crippen LogP contribution in [0.2, 0.25) is 0 Å². The van der Waals surface area contributed by atoms with Gasteiger partial charge in [-0.25, -0.2) is 8.42 Å². The SMILES string of the molecule is CC(C)(C)c1ccc(S(=O)(=O)Nc2ccc(-c3ccc(N4CCCCCC4)nn3)cc2)cc1. The van der Waals surface area contributed by atoms with Crippen molar-refractivity contribution in [3.63, 3.8) is 0 Å². The zero-order valence-electron chi connectivity index (χ0n) is 19.6. The molecule has 1 fully saturated rings. The van der Waals surface area contributed by atoms with E-state index in [1.54, 1.807) is 24.3 Å². The van der Waals surface area contributed by atoms with Crippen LogP contribution in [-0.2, 0) is 15.4 Å². The Kier molecular flexibility index (Phi) is 6.70. The molecule has 0 unspecified atom stereocenters. The summed E-state index contributed by atoms with van der Waals surface area (Å²) < 4.78 is 28.2. The number of hydrogen-bond donors (Lipinski definition) is 1. The summed E-state index contributed by atoms with van der Waals surface area (Å²) in [5.41, 5.74) is 3.23. The third-order valence-corrected chi connectivity index (χ3v) is 7.44. The fourth-order valence-electron chi connectivity index (χ4n) is 4.00. The van der Waals surface area contributed by atoms with Crippen LogP contribution in [0.3, 0.4) is 0 Å². The van der Waals surface area contributed by atoms with Crippen LogP contribution in [0.1, 0.15) is 52.0 Å². The second-order valence-corrected chi connectivity index (χ2v) is 11.3. The minimum atomic E-state index is -3.66. The lowest BCUT2D eigenvalue weighted by atomic mass is 9.87. The van der Waals surface area contributed by atoms with Crippen LogP contribution in [0.4, 0.5) is 11.5 Å². The number of nitrogens with one attached hydrogen (secondary N) is 1. The lowest BCUT2D eigenvalue weighted by Crippen LogP contribution is -2.25. The maximum absolute atomic E-state index is 12.8. The Balaban J connectivity index is 1.44. The van der Waals surface area contributed by atoms with Crippen molar-refractivity contribution in [1.29, 1.82) is 0 Å². The topological polar surface area (TPSA) is 75.2 Å². The maximum Gasteiger partial charge on any atom is 0.261 e. The molecule has 0 bridgehead atoms. The van der Waals surface area contributed by atoms with E-state index in [1.165, 1.54) is 25.7 Å². The smallest absolute Gasteiger partial charge is 0.261 e. The Morgan fingerprint density at radius 3 is 1.97 bits per heavy atom. The molecular weight excluding hydrogens is 432 g/mol. The Morgan fingerprint density at radius 1 is 0.788 bits per heavy atom. The van der Waals surface area contributed by atoms with Crippen molar-refractivity contribution in [3.05, 3.63) is 66.2 Å². The Morgan fingerprint density at radius 2 is 1.42 bits per heavy atom. The van der Waals surface area contributed by atoms with Gasteiger partial charge in [-0.05, 0) is 60.2 Å². The van der Waals surface area contributed by atoms with E-state index in [4.69, 9.17) is 0 Å². The fraction of sp³-hybridized carbons (Fsp3) is 0.385. The molecule has 4 rings (SSSR count). The van der Waals surface area contributed by atoms with Gasteiger partial charge in [0.1, 0.15) is 0 Å². The first-order chi connectivity index (χ1) is 15.7. The lowest BCUT2D eigenvalue weighted by Gasteiger charge is -2.20. The number of benzene rings is 2. The van der Waals surface area contributed by atoms with E-state index in [2.05, 4.69) is 40.6 Å². The molecule has 2 heterocycles. The van der Waals surface area contributed by atoms with Crippen LogP contribution < -0.4 is 9.62 Å². The summed E-state index contributed by atoms with van der Waals surface area (Å²) in [5, 5.41) is 8.83. The number of hydrogen-bond acceptors (Lipinski definition) is 5. The average molecular weight is 465 g/mol. The van der Waals surface area contributed by atoms with Crippen LogP contribution in [0, 0.1) is 0 Å². The second-order valence-electron chi connectivity index (χ2n) is 9.64. The summed E-state index contributed by atoms with van der Waals surface area (Å²) >= 11 is 0. The van der Waals surface area contributed by atoms with Gasteiger partial charge in [0.15, 0.2) is 5.82 Å². The number of sulfonamides is 1. The number of rotatable bonds is 5. The molecule has 1 saturated heterocycles. The van der Waals surface area contributed by atoms with Crippen molar-refractivity contribution < 1.29 is 8.42 Å². The van der Waals surface area contributed by atoms with Gasteiger partial charge in [-0.1, -0.05) is 57.9 Å². The van der Waals surface area contributed by atoms with Gasteiger partial charge < -0.3 is 4.90 Å². The van der Waals surface area contributed by atoms with Gasteiger partial charge in [0.05, 0.1) is 10.6 Å². The minimum Gasteiger partial charge on any atom is -0.355 e. The molecule has 0 radical (unpaired) electrons. The molecular formula is C26H32N4O2S. The molecule has 2 aromatic carbocycles. The maximum atomic E-state index is 12.8. The summed E-state index contributed by atoms with van der Waals surface area (Å²) in [7, 11) is -3.66. The molecule has 1 aliphatic rings. The van der Waals surface area contributed by atoms with E-state index in [9.17, 15) is 8.42 Å². The summed E-state index contributed by atoms with van der Waals surface area (Å²) in [6.07, 6.45) is 4.95. The second kappa shape index (κ2) is 9.51. The van der Waals surface area contributed by atoms with Gasteiger partial charge >= 0.3 is 0 Å². The Bertz CT molecular complexity index is 1160. The summed E-state index contributed by atoms with van der Waals surface area (Å²) in [6, 6.07) is 18.2. The molecule has 1 N–H and O–H groups in total. The van der Waals surface area contributed by atoms with Crippen LogP contribution in [-0.4, -0.2) is 31.7 Å². The van der Waals surface area contributed by atoms with E-state index >= 15 is 0 Å². The molecule has 0 aliphatic carbocycles. The molecule has 0 saturated carbocycles. The highest BCUT2D eigenvalue weighted by Crippen LogP contribution is 2.26. The van der Waals surface area contributed by atoms with Gasteiger partial charge in [-0.3, -0.25) is 4.72 Å². The predicted octanol–water partition coefficient (Wildman–Crippen LogP) is 5.62. The van der Waals surface area contributed by atoms with Gasteiger partial charge in [0.2, 0.25) is 0 Å². The van der Waals surface area contributed by atoms with Crippen molar-refractivity contribution in [1.82, 2.24) is 10.2 Å². The monoisotopic (exact) mass is 464 g/mol. The van der Waals surface area contributed by atoms with E-state index < -0.39 is 10.0 Å². The van der Waals surface area contributed by atoms with Crippen molar-refractivity contribution in [2.45, 2.75) is 56.8 Å². The van der Waals surface area contributed by atoms with E-state index in [1.807, 2.05) is 36.4 Å². The molecule has 0 amide bonds.